The minimum Gasteiger partial charge on any atom is -0.240 e. The molecule has 3 rings (SSSR count). The third-order valence-electron chi connectivity index (χ3n) is 3.13. The second-order valence-electron chi connectivity index (χ2n) is 4.72. The van der Waals surface area contributed by atoms with Crippen LogP contribution in [0.25, 0.3) is 0 Å². The van der Waals surface area contributed by atoms with Crippen molar-refractivity contribution in [2.75, 3.05) is 0 Å². The van der Waals surface area contributed by atoms with Crippen molar-refractivity contribution in [1.29, 1.82) is 0 Å². The molecule has 116 valence electrons. The summed E-state index contributed by atoms with van der Waals surface area (Å²) in [6, 6.07) is 12.2. The van der Waals surface area contributed by atoms with E-state index in [1.165, 1.54) is 17.8 Å². The number of nitrogens with zero attached hydrogens (tertiary/aromatic N) is 2. The van der Waals surface area contributed by atoms with Crippen LogP contribution in [-0.4, -0.2) is 9.97 Å². The third kappa shape index (κ3) is 3.86. The van der Waals surface area contributed by atoms with Crippen molar-refractivity contribution in [3.05, 3.63) is 89.0 Å². The second kappa shape index (κ2) is 7.06. The minimum absolute atomic E-state index is 0.205. The maximum atomic E-state index is 14.2. The molecule has 0 fully saturated rings. The van der Waals surface area contributed by atoms with Gasteiger partial charge < -0.3 is 0 Å². The molecule has 0 spiro atoms. The molecule has 3 aromatic rings. The lowest BCUT2D eigenvalue weighted by molar-refractivity contribution is 0.586. The number of benzene rings is 2. The van der Waals surface area contributed by atoms with E-state index in [9.17, 15) is 8.78 Å². The number of rotatable bonds is 4. The molecule has 23 heavy (non-hydrogen) atoms. The number of thioether (sulfide) groups is 1. The molecule has 0 aliphatic carbocycles. The highest BCUT2D eigenvalue weighted by Gasteiger charge is 2.22. The van der Waals surface area contributed by atoms with E-state index >= 15 is 0 Å². The van der Waals surface area contributed by atoms with Crippen LogP contribution in [0.5, 0.6) is 0 Å². The van der Waals surface area contributed by atoms with Crippen molar-refractivity contribution in [3.63, 3.8) is 0 Å². The van der Waals surface area contributed by atoms with Gasteiger partial charge in [-0.1, -0.05) is 11.6 Å². The first-order valence-electron chi connectivity index (χ1n) is 6.77. The van der Waals surface area contributed by atoms with Crippen molar-refractivity contribution in [1.82, 2.24) is 9.97 Å². The average molecular weight is 349 g/mol. The molecule has 6 heteroatoms. The van der Waals surface area contributed by atoms with Crippen LogP contribution in [0, 0.1) is 11.6 Å². The van der Waals surface area contributed by atoms with Gasteiger partial charge in [-0.3, -0.25) is 0 Å². The lowest BCUT2D eigenvalue weighted by Gasteiger charge is -2.16. The molecular formula is C17H11ClF2N2S. The fraction of sp³-hybridized carbons (Fsp3) is 0.0588. The van der Waals surface area contributed by atoms with Gasteiger partial charge in [0, 0.05) is 27.9 Å². The van der Waals surface area contributed by atoms with E-state index in [-0.39, 0.29) is 5.56 Å². The van der Waals surface area contributed by atoms with Crippen molar-refractivity contribution >= 4 is 23.4 Å². The van der Waals surface area contributed by atoms with Crippen LogP contribution in [0.1, 0.15) is 16.6 Å². The number of hydrogen-bond donors (Lipinski definition) is 0. The first kappa shape index (κ1) is 15.9. The smallest absolute Gasteiger partial charge is 0.146 e. The summed E-state index contributed by atoms with van der Waals surface area (Å²) in [6.07, 6.45) is 3.16. The van der Waals surface area contributed by atoms with Crippen LogP contribution in [0.2, 0.25) is 5.02 Å². The fourth-order valence-corrected chi connectivity index (χ4v) is 3.29. The Hall–Kier alpha value is -1.98. The molecular weight excluding hydrogens is 338 g/mol. The van der Waals surface area contributed by atoms with Gasteiger partial charge in [-0.05, 0) is 48.5 Å². The summed E-state index contributed by atoms with van der Waals surface area (Å²) >= 11 is 7.22. The maximum Gasteiger partial charge on any atom is 0.146 e. The third-order valence-corrected chi connectivity index (χ3v) is 4.63. The lowest BCUT2D eigenvalue weighted by atomic mass is 10.1. The van der Waals surface area contributed by atoms with Gasteiger partial charge in [0.1, 0.15) is 17.5 Å². The van der Waals surface area contributed by atoms with Crippen molar-refractivity contribution < 1.29 is 8.78 Å². The molecule has 2 nitrogen and oxygen atoms in total. The zero-order valence-corrected chi connectivity index (χ0v) is 13.4. The Morgan fingerprint density at radius 2 is 1.65 bits per heavy atom. The standard InChI is InChI=1S/C17H11ClF2N2S/c18-11-2-5-13(6-3-11)23-16(17-21-8-1-9-22-17)14-10-12(19)4-7-15(14)20/h1-10,16H. The van der Waals surface area contributed by atoms with Crippen molar-refractivity contribution in [3.8, 4) is 0 Å². The van der Waals surface area contributed by atoms with E-state index in [2.05, 4.69) is 9.97 Å². The van der Waals surface area contributed by atoms with Crippen LogP contribution >= 0.6 is 23.4 Å². The molecule has 0 bridgehead atoms. The Morgan fingerprint density at radius 1 is 0.957 bits per heavy atom. The summed E-state index contributed by atoms with van der Waals surface area (Å²) in [5, 5.41) is 0.0480. The quantitative estimate of drug-likeness (QED) is 0.599. The van der Waals surface area contributed by atoms with Crippen LogP contribution in [0.15, 0.2) is 65.8 Å². The van der Waals surface area contributed by atoms with Gasteiger partial charge in [0.05, 0.1) is 5.25 Å². The Balaban J connectivity index is 2.03. The average Bonchev–Trinajstić information content (AvgIpc) is 2.57. The van der Waals surface area contributed by atoms with E-state index in [1.807, 2.05) is 12.1 Å². The number of hydrogen-bond acceptors (Lipinski definition) is 3. The van der Waals surface area contributed by atoms with Crippen LogP contribution in [0.4, 0.5) is 8.78 Å². The molecule has 1 aromatic heterocycles. The summed E-state index contributed by atoms with van der Waals surface area (Å²) < 4.78 is 27.8. The van der Waals surface area contributed by atoms with Gasteiger partial charge in [0.25, 0.3) is 0 Å². The monoisotopic (exact) mass is 348 g/mol. The normalized spacial score (nSPS) is 12.1. The molecule has 1 atom stereocenters. The largest absolute Gasteiger partial charge is 0.240 e. The zero-order chi connectivity index (χ0) is 16.2. The molecule has 0 aliphatic heterocycles. The van der Waals surface area contributed by atoms with Gasteiger partial charge in [0.2, 0.25) is 0 Å². The molecule has 2 aromatic carbocycles. The van der Waals surface area contributed by atoms with E-state index in [1.54, 1.807) is 30.6 Å². The highest BCUT2D eigenvalue weighted by Crippen LogP contribution is 2.40. The predicted molar refractivity (Wildman–Crippen MR) is 87.5 cm³/mol. The summed E-state index contributed by atoms with van der Waals surface area (Å²) in [5.41, 5.74) is 0.205. The summed E-state index contributed by atoms with van der Waals surface area (Å²) in [6.45, 7) is 0. The van der Waals surface area contributed by atoms with E-state index in [4.69, 9.17) is 11.6 Å². The lowest BCUT2D eigenvalue weighted by Crippen LogP contribution is -2.05. The molecule has 0 saturated heterocycles. The van der Waals surface area contributed by atoms with Gasteiger partial charge >= 0.3 is 0 Å². The fourth-order valence-electron chi connectivity index (χ4n) is 2.07. The van der Waals surface area contributed by atoms with Crippen LogP contribution in [-0.2, 0) is 0 Å². The van der Waals surface area contributed by atoms with Crippen molar-refractivity contribution in [2.45, 2.75) is 10.1 Å². The molecule has 1 unspecified atom stereocenters. The summed E-state index contributed by atoms with van der Waals surface area (Å²) in [5.74, 6) is -0.582. The highest BCUT2D eigenvalue weighted by molar-refractivity contribution is 7.99. The predicted octanol–water partition coefficient (Wildman–Crippen LogP) is 5.29. The summed E-state index contributed by atoms with van der Waals surface area (Å²) in [4.78, 5) is 9.24. The number of aromatic nitrogens is 2. The summed E-state index contributed by atoms with van der Waals surface area (Å²) in [7, 11) is 0. The Bertz CT molecular complexity index is 797. The Labute approximate surface area is 141 Å². The van der Waals surface area contributed by atoms with Gasteiger partial charge in [-0.15, -0.1) is 11.8 Å². The molecule has 0 N–H and O–H groups in total. The zero-order valence-electron chi connectivity index (χ0n) is 11.8. The minimum atomic E-state index is -0.562. The molecule has 0 saturated carbocycles. The SMILES string of the molecule is Fc1ccc(F)c(C(Sc2ccc(Cl)cc2)c2ncccn2)c1. The highest BCUT2D eigenvalue weighted by atomic mass is 35.5. The van der Waals surface area contributed by atoms with E-state index in [0.717, 1.165) is 17.0 Å². The van der Waals surface area contributed by atoms with Crippen LogP contribution in [0.3, 0.4) is 0 Å². The van der Waals surface area contributed by atoms with E-state index < -0.39 is 16.9 Å². The maximum absolute atomic E-state index is 14.2. The van der Waals surface area contributed by atoms with E-state index in [0.29, 0.717) is 10.8 Å². The first-order valence-corrected chi connectivity index (χ1v) is 8.03. The van der Waals surface area contributed by atoms with Crippen molar-refractivity contribution in [2.24, 2.45) is 0 Å². The Morgan fingerprint density at radius 3 is 2.35 bits per heavy atom. The Kier molecular flexibility index (Phi) is 4.88. The molecule has 1 heterocycles. The van der Waals surface area contributed by atoms with Crippen LogP contribution < -0.4 is 0 Å². The second-order valence-corrected chi connectivity index (χ2v) is 6.34. The van der Waals surface area contributed by atoms with Gasteiger partial charge in [0.15, 0.2) is 0 Å². The first-order chi connectivity index (χ1) is 11.1. The van der Waals surface area contributed by atoms with Gasteiger partial charge in [-0.2, -0.15) is 0 Å². The topological polar surface area (TPSA) is 25.8 Å². The number of halogens is 3. The molecule has 0 aliphatic rings. The van der Waals surface area contributed by atoms with Gasteiger partial charge in [-0.25, -0.2) is 18.7 Å². The molecule has 0 amide bonds. The molecule has 0 radical (unpaired) electrons.